The molecule has 0 bridgehead atoms. The van der Waals surface area contributed by atoms with Gasteiger partial charge >= 0.3 is 0 Å². The number of halogens is 1. The molecule has 7 nitrogen and oxygen atoms in total. The summed E-state index contributed by atoms with van der Waals surface area (Å²) in [6, 6.07) is 10.5. The fourth-order valence-electron chi connectivity index (χ4n) is 1.76. The second-order valence-electron chi connectivity index (χ2n) is 4.60. The van der Waals surface area contributed by atoms with Gasteiger partial charge in [0, 0.05) is 22.2 Å². The number of nitro benzene ring substituents is 1. The molecule has 23 heavy (non-hydrogen) atoms. The molecule has 1 amide bonds. The van der Waals surface area contributed by atoms with Gasteiger partial charge < -0.3 is 5.11 Å². The lowest BCUT2D eigenvalue weighted by Gasteiger charge is -2.01. The molecule has 0 fully saturated rings. The normalized spacial score (nSPS) is 10.7. The second-order valence-corrected chi connectivity index (χ2v) is 5.51. The summed E-state index contributed by atoms with van der Waals surface area (Å²) in [6.45, 7) is 0. The first kappa shape index (κ1) is 16.6. The lowest BCUT2D eigenvalue weighted by molar-refractivity contribution is -0.384. The van der Waals surface area contributed by atoms with E-state index in [1.165, 1.54) is 36.5 Å². The van der Waals surface area contributed by atoms with Gasteiger partial charge in [0.15, 0.2) is 0 Å². The van der Waals surface area contributed by atoms with Crippen molar-refractivity contribution in [2.45, 2.75) is 6.42 Å². The Morgan fingerprint density at radius 3 is 2.65 bits per heavy atom. The van der Waals surface area contributed by atoms with Crippen molar-refractivity contribution in [2.75, 3.05) is 0 Å². The molecule has 0 aliphatic heterocycles. The molecule has 0 radical (unpaired) electrons. The molecule has 0 aliphatic carbocycles. The number of carbonyl (C=O) groups is 1. The van der Waals surface area contributed by atoms with E-state index < -0.39 is 4.92 Å². The van der Waals surface area contributed by atoms with Gasteiger partial charge in [-0.1, -0.05) is 28.1 Å². The Balaban J connectivity index is 1.93. The molecular formula is C15H12BrN3O4. The largest absolute Gasteiger partial charge is 0.507 e. The second kappa shape index (κ2) is 7.50. The number of nitrogens with one attached hydrogen (secondary N) is 1. The zero-order chi connectivity index (χ0) is 16.8. The minimum atomic E-state index is -0.501. The molecule has 118 valence electrons. The van der Waals surface area contributed by atoms with Gasteiger partial charge in [0.2, 0.25) is 5.91 Å². The number of carbonyl (C=O) groups excluding carboxylic acids is 1. The zero-order valence-electron chi connectivity index (χ0n) is 11.8. The summed E-state index contributed by atoms with van der Waals surface area (Å²) in [6.07, 6.45) is 1.37. The van der Waals surface area contributed by atoms with Crippen molar-refractivity contribution in [2.24, 2.45) is 5.10 Å². The number of phenols is 1. The predicted molar refractivity (Wildman–Crippen MR) is 88.3 cm³/mol. The number of nitro groups is 1. The maximum Gasteiger partial charge on any atom is 0.269 e. The number of hydrazone groups is 1. The van der Waals surface area contributed by atoms with Crippen molar-refractivity contribution in [1.29, 1.82) is 0 Å². The lowest BCUT2D eigenvalue weighted by Crippen LogP contribution is -2.19. The first-order valence-electron chi connectivity index (χ1n) is 6.49. The Morgan fingerprint density at radius 2 is 2.00 bits per heavy atom. The van der Waals surface area contributed by atoms with E-state index in [0.29, 0.717) is 11.1 Å². The van der Waals surface area contributed by atoms with Gasteiger partial charge in [0.1, 0.15) is 5.75 Å². The van der Waals surface area contributed by atoms with E-state index in [1.54, 1.807) is 12.1 Å². The average molecular weight is 378 g/mol. The van der Waals surface area contributed by atoms with Gasteiger partial charge in [-0.3, -0.25) is 14.9 Å². The number of phenolic OH excluding ortho intramolecular Hbond substituents is 1. The van der Waals surface area contributed by atoms with Crippen molar-refractivity contribution in [3.8, 4) is 5.75 Å². The molecule has 0 unspecified atom stereocenters. The Kier molecular flexibility index (Phi) is 5.42. The molecule has 0 saturated carbocycles. The molecule has 0 aliphatic rings. The van der Waals surface area contributed by atoms with Gasteiger partial charge in [-0.25, -0.2) is 5.43 Å². The lowest BCUT2D eigenvalue weighted by atomic mass is 10.1. The minimum Gasteiger partial charge on any atom is -0.507 e. The Morgan fingerprint density at radius 1 is 1.30 bits per heavy atom. The molecular weight excluding hydrogens is 366 g/mol. The molecule has 2 rings (SSSR count). The van der Waals surface area contributed by atoms with E-state index in [2.05, 4.69) is 26.5 Å². The summed E-state index contributed by atoms with van der Waals surface area (Å²) in [5.74, 6) is -0.328. The van der Waals surface area contributed by atoms with Crippen LogP contribution in [0.1, 0.15) is 11.1 Å². The number of rotatable bonds is 5. The predicted octanol–water partition coefficient (Wildman–Crippen LogP) is 2.76. The maximum absolute atomic E-state index is 11.7. The standard InChI is InChI=1S/C15H12BrN3O4/c16-12-3-6-14(20)11(8-12)9-17-18-15(21)7-10-1-4-13(5-2-10)19(22)23/h1-6,8-9,20H,7H2,(H,18,21). The topological polar surface area (TPSA) is 105 Å². The van der Waals surface area contributed by atoms with Crippen molar-refractivity contribution < 1.29 is 14.8 Å². The Bertz CT molecular complexity index is 760. The monoisotopic (exact) mass is 377 g/mol. The third-order valence-corrected chi connectivity index (χ3v) is 3.39. The van der Waals surface area contributed by atoms with Crippen molar-refractivity contribution in [3.63, 3.8) is 0 Å². The van der Waals surface area contributed by atoms with Crippen LogP contribution in [0.5, 0.6) is 5.75 Å². The summed E-state index contributed by atoms with van der Waals surface area (Å²) in [7, 11) is 0. The van der Waals surface area contributed by atoms with Crippen LogP contribution in [0.4, 0.5) is 5.69 Å². The fourth-order valence-corrected chi connectivity index (χ4v) is 2.14. The molecule has 8 heteroatoms. The van der Waals surface area contributed by atoms with Gasteiger partial charge in [-0.2, -0.15) is 5.10 Å². The zero-order valence-corrected chi connectivity index (χ0v) is 13.4. The molecule has 0 atom stereocenters. The summed E-state index contributed by atoms with van der Waals surface area (Å²) in [4.78, 5) is 21.8. The van der Waals surface area contributed by atoms with Gasteiger partial charge in [0.25, 0.3) is 5.69 Å². The number of hydrogen-bond acceptors (Lipinski definition) is 5. The van der Waals surface area contributed by atoms with Crippen LogP contribution in [0.2, 0.25) is 0 Å². The maximum atomic E-state index is 11.7. The first-order valence-corrected chi connectivity index (χ1v) is 7.29. The number of nitrogens with zero attached hydrogens (tertiary/aromatic N) is 2. The summed E-state index contributed by atoms with van der Waals surface area (Å²) in [5, 5.41) is 23.9. The fraction of sp³-hybridized carbons (Fsp3) is 0.0667. The van der Waals surface area contributed by atoms with Crippen LogP contribution in [0.3, 0.4) is 0 Å². The van der Waals surface area contributed by atoms with Crippen LogP contribution in [-0.2, 0) is 11.2 Å². The smallest absolute Gasteiger partial charge is 0.269 e. The van der Waals surface area contributed by atoms with Gasteiger partial charge in [0.05, 0.1) is 17.6 Å². The molecule has 0 aromatic heterocycles. The van der Waals surface area contributed by atoms with Crippen LogP contribution >= 0.6 is 15.9 Å². The van der Waals surface area contributed by atoms with Crippen LogP contribution < -0.4 is 5.43 Å². The molecule has 0 heterocycles. The number of amides is 1. The highest BCUT2D eigenvalue weighted by Crippen LogP contribution is 2.19. The van der Waals surface area contributed by atoms with E-state index >= 15 is 0 Å². The SMILES string of the molecule is O=C(Cc1ccc([N+](=O)[O-])cc1)NN=Cc1cc(Br)ccc1O. The first-order chi connectivity index (χ1) is 11.0. The third-order valence-electron chi connectivity index (χ3n) is 2.89. The van der Waals surface area contributed by atoms with E-state index in [4.69, 9.17) is 0 Å². The Hall–Kier alpha value is -2.74. The van der Waals surface area contributed by atoms with Crippen LogP contribution in [0.15, 0.2) is 52.0 Å². The molecule has 0 spiro atoms. The van der Waals surface area contributed by atoms with E-state index in [0.717, 1.165) is 4.47 Å². The number of benzene rings is 2. The molecule has 2 N–H and O–H groups in total. The van der Waals surface area contributed by atoms with Gasteiger partial charge in [-0.05, 0) is 23.8 Å². The average Bonchev–Trinajstić information content (AvgIpc) is 2.51. The van der Waals surface area contributed by atoms with Crippen molar-refractivity contribution in [3.05, 3.63) is 68.2 Å². The Labute approximate surface area is 139 Å². The van der Waals surface area contributed by atoms with Crippen LogP contribution in [0.25, 0.3) is 0 Å². The highest BCUT2D eigenvalue weighted by molar-refractivity contribution is 9.10. The summed E-state index contributed by atoms with van der Waals surface area (Å²) >= 11 is 3.27. The van der Waals surface area contributed by atoms with Crippen LogP contribution in [0, 0.1) is 10.1 Å². The number of non-ortho nitro benzene ring substituents is 1. The third kappa shape index (κ3) is 4.89. The van der Waals surface area contributed by atoms with Gasteiger partial charge in [-0.15, -0.1) is 0 Å². The van der Waals surface area contributed by atoms with Crippen molar-refractivity contribution in [1.82, 2.24) is 5.43 Å². The van der Waals surface area contributed by atoms with Crippen molar-refractivity contribution >= 4 is 33.7 Å². The quantitative estimate of drug-likeness (QED) is 0.474. The highest BCUT2D eigenvalue weighted by Gasteiger charge is 2.07. The van der Waals surface area contributed by atoms with E-state index in [1.807, 2.05) is 0 Å². The molecule has 0 saturated heterocycles. The summed E-state index contributed by atoms with van der Waals surface area (Å²) < 4.78 is 0.772. The highest BCUT2D eigenvalue weighted by atomic mass is 79.9. The number of aromatic hydroxyl groups is 1. The summed E-state index contributed by atoms with van der Waals surface area (Å²) in [5.41, 5.74) is 3.39. The molecule has 2 aromatic rings. The van der Waals surface area contributed by atoms with E-state index in [-0.39, 0.29) is 23.8 Å². The molecule has 2 aromatic carbocycles. The van der Waals surface area contributed by atoms with Crippen LogP contribution in [-0.4, -0.2) is 22.2 Å². The minimum absolute atomic E-state index is 0.0303. The number of hydrogen-bond donors (Lipinski definition) is 2. The van der Waals surface area contributed by atoms with E-state index in [9.17, 15) is 20.0 Å².